The smallest absolute Gasteiger partial charge is 0.317 e. The summed E-state index contributed by atoms with van der Waals surface area (Å²) in [6.07, 6.45) is 0.836. The minimum atomic E-state index is -0.777. The van der Waals surface area contributed by atoms with E-state index in [4.69, 9.17) is 16.7 Å². The van der Waals surface area contributed by atoms with Gasteiger partial charge in [0, 0.05) is 18.1 Å². The molecule has 0 atom stereocenters. The largest absolute Gasteiger partial charge is 0.480 e. The molecule has 3 nitrogen and oxygen atoms in total. The van der Waals surface area contributed by atoms with Crippen molar-refractivity contribution in [2.24, 2.45) is 0 Å². The Bertz CT molecular complexity index is 392. The van der Waals surface area contributed by atoms with E-state index in [-0.39, 0.29) is 6.54 Å². The van der Waals surface area contributed by atoms with Crippen LogP contribution in [-0.2, 0) is 17.8 Å². The average molecular weight is 226 g/mol. The standard InChI is InChI=1S/C11H12ClNO2/c12-10-3-1-2-8-6-13(7-11(14)15)5-4-9(8)10/h1-3H,4-7H2,(H,14,15). The highest BCUT2D eigenvalue weighted by Gasteiger charge is 2.19. The molecule has 1 heterocycles. The van der Waals surface area contributed by atoms with Crippen LogP contribution in [0.1, 0.15) is 11.1 Å². The van der Waals surface area contributed by atoms with Crippen molar-refractivity contribution < 1.29 is 9.90 Å². The van der Waals surface area contributed by atoms with Crippen molar-refractivity contribution >= 4 is 17.6 Å². The van der Waals surface area contributed by atoms with Gasteiger partial charge in [-0.15, -0.1) is 0 Å². The molecule has 0 fully saturated rings. The molecule has 0 aliphatic carbocycles. The molecule has 0 saturated carbocycles. The molecule has 2 rings (SSSR count). The van der Waals surface area contributed by atoms with Crippen molar-refractivity contribution in [2.75, 3.05) is 13.1 Å². The van der Waals surface area contributed by atoms with E-state index in [2.05, 4.69) is 0 Å². The van der Waals surface area contributed by atoms with Gasteiger partial charge in [-0.2, -0.15) is 0 Å². The third-order valence-corrected chi connectivity index (χ3v) is 3.00. The molecular formula is C11H12ClNO2. The van der Waals surface area contributed by atoms with E-state index < -0.39 is 5.97 Å². The molecule has 0 bridgehead atoms. The maximum atomic E-state index is 10.6. The second kappa shape index (κ2) is 4.21. The maximum absolute atomic E-state index is 10.6. The van der Waals surface area contributed by atoms with Crippen molar-refractivity contribution in [3.63, 3.8) is 0 Å². The lowest BCUT2D eigenvalue weighted by Crippen LogP contribution is -2.34. The topological polar surface area (TPSA) is 40.5 Å². The second-order valence-corrected chi connectivity index (χ2v) is 4.14. The summed E-state index contributed by atoms with van der Waals surface area (Å²) in [5.74, 6) is -0.777. The summed E-state index contributed by atoms with van der Waals surface area (Å²) in [5.41, 5.74) is 2.32. The highest BCUT2D eigenvalue weighted by atomic mass is 35.5. The zero-order valence-corrected chi connectivity index (χ0v) is 9.00. The van der Waals surface area contributed by atoms with Gasteiger partial charge in [0.2, 0.25) is 0 Å². The number of fused-ring (bicyclic) bond motifs is 1. The summed E-state index contributed by atoms with van der Waals surface area (Å²) in [7, 11) is 0. The fourth-order valence-electron chi connectivity index (χ4n) is 1.95. The quantitative estimate of drug-likeness (QED) is 0.834. The number of nitrogens with zero attached hydrogens (tertiary/aromatic N) is 1. The zero-order chi connectivity index (χ0) is 10.8. The lowest BCUT2D eigenvalue weighted by atomic mass is 10.00. The Kier molecular flexibility index (Phi) is 2.93. The molecule has 1 aromatic rings. The van der Waals surface area contributed by atoms with Crippen LogP contribution in [0, 0.1) is 0 Å². The number of rotatable bonds is 2. The van der Waals surface area contributed by atoms with Crippen molar-refractivity contribution in [3.05, 3.63) is 34.3 Å². The second-order valence-electron chi connectivity index (χ2n) is 3.73. The average Bonchev–Trinajstić information content (AvgIpc) is 2.17. The van der Waals surface area contributed by atoms with Gasteiger partial charge >= 0.3 is 5.97 Å². The first-order valence-corrected chi connectivity index (χ1v) is 5.25. The van der Waals surface area contributed by atoms with Gasteiger partial charge in [0.25, 0.3) is 0 Å². The molecule has 0 saturated heterocycles. The minimum Gasteiger partial charge on any atom is -0.480 e. The molecule has 15 heavy (non-hydrogen) atoms. The molecule has 4 heteroatoms. The number of hydrogen-bond acceptors (Lipinski definition) is 2. The molecule has 0 aromatic heterocycles. The molecule has 1 aliphatic heterocycles. The molecule has 0 spiro atoms. The molecule has 1 aromatic carbocycles. The molecule has 80 valence electrons. The van der Waals surface area contributed by atoms with Crippen LogP contribution in [0.15, 0.2) is 18.2 Å². The Morgan fingerprint density at radius 3 is 3.07 bits per heavy atom. The highest BCUT2D eigenvalue weighted by Crippen LogP contribution is 2.25. The number of halogens is 1. The van der Waals surface area contributed by atoms with E-state index >= 15 is 0 Å². The number of carbonyl (C=O) groups is 1. The molecule has 0 radical (unpaired) electrons. The van der Waals surface area contributed by atoms with Crippen molar-refractivity contribution in [3.8, 4) is 0 Å². The van der Waals surface area contributed by atoms with Gasteiger partial charge in [-0.25, -0.2) is 0 Å². The number of aliphatic carboxylic acids is 1. The van der Waals surface area contributed by atoms with Gasteiger partial charge in [0.05, 0.1) is 6.54 Å². The summed E-state index contributed by atoms with van der Waals surface area (Å²) in [6, 6.07) is 5.80. The van der Waals surface area contributed by atoms with E-state index in [1.807, 2.05) is 23.1 Å². The Balaban J connectivity index is 2.17. The molecule has 0 unspecified atom stereocenters. The number of benzene rings is 1. The van der Waals surface area contributed by atoms with Gasteiger partial charge in [-0.1, -0.05) is 23.7 Å². The number of carboxylic acid groups (broad SMARTS) is 1. The summed E-state index contributed by atoms with van der Waals surface area (Å²) < 4.78 is 0. The monoisotopic (exact) mass is 225 g/mol. The first kappa shape index (κ1) is 10.5. The SMILES string of the molecule is O=C(O)CN1CCc2c(Cl)cccc2C1. The summed E-state index contributed by atoms with van der Waals surface area (Å²) in [5, 5.41) is 9.49. The van der Waals surface area contributed by atoms with Crippen molar-refractivity contribution in [1.82, 2.24) is 4.90 Å². The highest BCUT2D eigenvalue weighted by molar-refractivity contribution is 6.31. The van der Waals surface area contributed by atoms with Crippen molar-refractivity contribution in [2.45, 2.75) is 13.0 Å². The van der Waals surface area contributed by atoms with Gasteiger partial charge in [0.15, 0.2) is 0 Å². The fraction of sp³-hybridized carbons (Fsp3) is 0.364. The van der Waals surface area contributed by atoms with Crippen LogP contribution in [0.4, 0.5) is 0 Å². The fourth-order valence-corrected chi connectivity index (χ4v) is 2.24. The Hall–Kier alpha value is -1.06. The van der Waals surface area contributed by atoms with E-state index in [1.165, 1.54) is 5.56 Å². The van der Waals surface area contributed by atoms with Crippen LogP contribution < -0.4 is 0 Å². The van der Waals surface area contributed by atoms with E-state index in [0.29, 0.717) is 6.54 Å². The number of carboxylic acids is 1. The Morgan fingerprint density at radius 2 is 2.33 bits per heavy atom. The summed E-state index contributed by atoms with van der Waals surface area (Å²) in [4.78, 5) is 12.5. The van der Waals surface area contributed by atoms with Gasteiger partial charge in [-0.3, -0.25) is 9.69 Å². The Morgan fingerprint density at radius 1 is 1.53 bits per heavy atom. The van der Waals surface area contributed by atoms with Gasteiger partial charge in [-0.05, 0) is 23.6 Å². The lowest BCUT2D eigenvalue weighted by Gasteiger charge is -2.27. The first-order valence-electron chi connectivity index (χ1n) is 4.87. The normalized spacial score (nSPS) is 16.1. The number of hydrogen-bond donors (Lipinski definition) is 1. The predicted molar refractivity (Wildman–Crippen MR) is 58.1 cm³/mol. The molecular weight excluding hydrogens is 214 g/mol. The minimum absolute atomic E-state index is 0.103. The molecule has 1 N–H and O–H groups in total. The Labute approximate surface area is 93.3 Å². The van der Waals surface area contributed by atoms with E-state index in [1.54, 1.807) is 0 Å². The van der Waals surface area contributed by atoms with Crippen LogP contribution in [0.25, 0.3) is 0 Å². The summed E-state index contributed by atoms with van der Waals surface area (Å²) in [6.45, 7) is 1.55. The predicted octanol–water partition coefficient (Wildman–Crippen LogP) is 1.78. The van der Waals surface area contributed by atoms with Crippen LogP contribution in [-0.4, -0.2) is 29.1 Å². The third kappa shape index (κ3) is 2.30. The van der Waals surface area contributed by atoms with Crippen LogP contribution in [0.5, 0.6) is 0 Å². The lowest BCUT2D eigenvalue weighted by molar-refractivity contribution is -0.138. The van der Waals surface area contributed by atoms with Gasteiger partial charge < -0.3 is 5.11 Å². The van der Waals surface area contributed by atoms with E-state index in [0.717, 1.165) is 23.6 Å². The van der Waals surface area contributed by atoms with Gasteiger partial charge in [0.1, 0.15) is 0 Å². The first-order chi connectivity index (χ1) is 7.16. The zero-order valence-electron chi connectivity index (χ0n) is 8.24. The molecule has 1 aliphatic rings. The van der Waals surface area contributed by atoms with Crippen LogP contribution in [0.3, 0.4) is 0 Å². The third-order valence-electron chi connectivity index (χ3n) is 2.65. The summed E-state index contributed by atoms with van der Waals surface area (Å²) >= 11 is 6.06. The molecule has 0 amide bonds. The maximum Gasteiger partial charge on any atom is 0.317 e. The van der Waals surface area contributed by atoms with Crippen LogP contribution in [0.2, 0.25) is 5.02 Å². The van der Waals surface area contributed by atoms with Crippen molar-refractivity contribution in [1.29, 1.82) is 0 Å². The van der Waals surface area contributed by atoms with E-state index in [9.17, 15) is 4.79 Å². The van der Waals surface area contributed by atoms with Crippen LogP contribution >= 0.6 is 11.6 Å².